The monoisotopic (exact) mass is 269 g/mol. The van der Waals surface area contributed by atoms with Crippen LogP contribution in [0.2, 0.25) is 0 Å². The maximum Gasteiger partial charge on any atom is 0.123 e. The van der Waals surface area contributed by atoms with E-state index in [0.717, 1.165) is 27.1 Å². The molecule has 96 valence electrons. The van der Waals surface area contributed by atoms with Gasteiger partial charge in [-0.05, 0) is 41.8 Å². The Balaban J connectivity index is 2.13. The molecular weight excluding hydrogens is 254 g/mol. The van der Waals surface area contributed by atoms with Gasteiger partial charge in [0.25, 0.3) is 0 Å². The summed E-state index contributed by atoms with van der Waals surface area (Å²) < 4.78 is 1.14. The number of aryl methyl sites for hydroxylation is 2. The second-order valence-corrected chi connectivity index (χ2v) is 5.72. The zero-order chi connectivity index (χ0) is 13.4. The fraction of sp³-hybridized carbons (Fsp3) is 0.188. The molecule has 0 bridgehead atoms. The van der Waals surface area contributed by atoms with Gasteiger partial charge in [0, 0.05) is 16.5 Å². The molecule has 3 rings (SSSR count). The number of benzene rings is 1. The molecule has 0 aliphatic heterocycles. The van der Waals surface area contributed by atoms with Crippen molar-refractivity contribution in [3.05, 3.63) is 64.3 Å². The number of aliphatic hydroxyl groups is 1. The van der Waals surface area contributed by atoms with E-state index in [1.54, 1.807) is 17.5 Å². The van der Waals surface area contributed by atoms with Crippen LogP contribution in [0.3, 0.4) is 0 Å². The number of aliphatic hydroxyl groups excluding tert-OH is 1. The molecule has 0 amide bonds. The Hall–Kier alpha value is -1.71. The van der Waals surface area contributed by atoms with Crippen molar-refractivity contribution in [1.29, 1.82) is 0 Å². The van der Waals surface area contributed by atoms with Gasteiger partial charge in [0.15, 0.2) is 0 Å². The van der Waals surface area contributed by atoms with Gasteiger partial charge in [0.2, 0.25) is 0 Å². The number of hydrogen-bond acceptors (Lipinski definition) is 3. The molecule has 2 nitrogen and oxygen atoms in total. The van der Waals surface area contributed by atoms with Crippen molar-refractivity contribution >= 4 is 21.4 Å². The molecule has 3 heteroatoms. The Morgan fingerprint density at radius 3 is 2.84 bits per heavy atom. The molecule has 0 saturated heterocycles. The van der Waals surface area contributed by atoms with Gasteiger partial charge in [0.1, 0.15) is 6.10 Å². The molecule has 3 aromatic rings. The summed E-state index contributed by atoms with van der Waals surface area (Å²) in [6, 6.07) is 10.2. The van der Waals surface area contributed by atoms with Crippen LogP contribution >= 0.6 is 11.3 Å². The van der Waals surface area contributed by atoms with Gasteiger partial charge in [0.05, 0.1) is 5.69 Å². The third-order valence-corrected chi connectivity index (χ3v) is 4.30. The van der Waals surface area contributed by atoms with Crippen LogP contribution < -0.4 is 0 Å². The summed E-state index contributed by atoms with van der Waals surface area (Å²) in [5.74, 6) is 0. The van der Waals surface area contributed by atoms with Gasteiger partial charge in [-0.2, -0.15) is 0 Å². The zero-order valence-corrected chi connectivity index (χ0v) is 11.7. The highest BCUT2D eigenvalue weighted by atomic mass is 32.1. The molecule has 2 aromatic heterocycles. The van der Waals surface area contributed by atoms with Gasteiger partial charge in [-0.3, -0.25) is 4.98 Å². The fourth-order valence-corrected chi connectivity index (χ4v) is 3.33. The van der Waals surface area contributed by atoms with Gasteiger partial charge in [-0.1, -0.05) is 24.3 Å². The lowest BCUT2D eigenvalue weighted by atomic mass is 10.0. The topological polar surface area (TPSA) is 33.1 Å². The van der Waals surface area contributed by atoms with Crippen molar-refractivity contribution in [1.82, 2.24) is 4.98 Å². The van der Waals surface area contributed by atoms with Gasteiger partial charge in [-0.15, -0.1) is 11.3 Å². The normalized spacial score (nSPS) is 12.8. The zero-order valence-electron chi connectivity index (χ0n) is 10.9. The number of thiophene rings is 1. The van der Waals surface area contributed by atoms with Crippen molar-refractivity contribution in [2.24, 2.45) is 0 Å². The van der Waals surface area contributed by atoms with Crippen LogP contribution in [0.25, 0.3) is 10.1 Å². The SMILES string of the molecule is Cc1cnc(C(O)c2cccc3ccsc23)c(C)c1. The number of nitrogens with zero attached hydrogens (tertiary/aromatic N) is 1. The summed E-state index contributed by atoms with van der Waals surface area (Å²) in [6.07, 6.45) is 1.14. The molecular formula is C16H15NOS. The first-order chi connectivity index (χ1) is 9.16. The van der Waals surface area contributed by atoms with Crippen LogP contribution in [0, 0.1) is 13.8 Å². The van der Waals surface area contributed by atoms with Gasteiger partial charge < -0.3 is 5.11 Å². The highest BCUT2D eigenvalue weighted by Gasteiger charge is 2.17. The van der Waals surface area contributed by atoms with Crippen LogP contribution in [-0.4, -0.2) is 10.1 Å². The number of hydrogen-bond donors (Lipinski definition) is 1. The number of fused-ring (bicyclic) bond motifs is 1. The van der Waals surface area contributed by atoms with Crippen molar-refractivity contribution in [3.63, 3.8) is 0 Å². The van der Waals surface area contributed by atoms with Crippen LogP contribution in [0.5, 0.6) is 0 Å². The predicted molar refractivity (Wildman–Crippen MR) is 79.6 cm³/mol. The lowest BCUT2D eigenvalue weighted by Crippen LogP contribution is -2.05. The highest BCUT2D eigenvalue weighted by Crippen LogP contribution is 2.32. The van der Waals surface area contributed by atoms with Crippen LogP contribution in [-0.2, 0) is 0 Å². The molecule has 19 heavy (non-hydrogen) atoms. The Morgan fingerprint density at radius 1 is 1.21 bits per heavy atom. The smallest absolute Gasteiger partial charge is 0.123 e. The molecule has 0 spiro atoms. The van der Waals surface area contributed by atoms with E-state index in [1.165, 1.54) is 5.39 Å². The molecule has 1 atom stereocenters. The highest BCUT2D eigenvalue weighted by molar-refractivity contribution is 7.17. The summed E-state index contributed by atoms with van der Waals surface area (Å²) in [4.78, 5) is 4.40. The number of rotatable bonds is 2. The molecule has 0 radical (unpaired) electrons. The van der Waals surface area contributed by atoms with Crippen LogP contribution in [0.4, 0.5) is 0 Å². The first-order valence-corrected chi connectivity index (χ1v) is 7.12. The molecule has 0 aliphatic carbocycles. The van der Waals surface area contributed by atoms with E-state index >= 15 is 0 Å². The average Bonchev–Trinajstić information content (AvgIpc) is 2.86. The Bertz CT molecular complexity index is 732. The number of pyridine rings is 1. The third kappa shape index (κ3) is 2.15. The summed E-state index contributed by atoms with van der Waals surface area (Å²) in [7, 11) is 0. The lowest BCUT2D eigenvalue weighted by molar-refractivity contribution is 0.216. The van der Waals surface area contributed by atoms with Crippen LogP contribution in [0.1, 0.15) is 28.5 Å². The van der Waals surface area contributed by atoms with Crippen molar-refractivity contribution in [2.75, 3.05) is 0 Å². The second kappa shape index (κ2) is 4.76. The average molecular weight is 269 g/mol. The minimum Gasteiger partial charge on any atom is -0.382 e. The van der Waals surface area contributed by atoms with E-state index in [1.807, 2.05) is 26.0 Å². The Morgan fingerprint density at radius 2 is 2.05 bits per heavy atom. The van der Waals surface area contributed by atoms with E-state index in [0.29, 0.717) is 0 Å². The van der Waals surface area contributed by atoms with E-state index in [9.17, 15) is 5.11 Å². The molecule has 0 aliphatic rings. The minimum absolute atomic E-state index is 0.664. The van der Waals surface area contributed by atoms with E-state index < -0.39 is 6.10 Å². The van der Waals surface area contributed by atoms with E-state index in [-0.39, 0.29) is 0 Å². The fourth-order valence-electron chi connectivity index (χ4n) is 2.39. The quantitative estimate of drug-likeness (QED) is 0.763. The molecule has 0 fully saturated rings. The van der Waals surface area contributed by atoms with Gasteiger partial charge in [-0.25, -0.2) is 0 Å². The van der Waals surface area contributed by atoms with Crippen molar-refractivity contribution in [2.45, 2.75) is 20.0 Å². The number of aromatic nitrogens is 1. The Kier molecular flexibility index (Phi) is 3.09. The Labute approximate surface area is 116 Å². The standard InChI is InChI=1S/C16H15NOS/c1-10-8-11(2)14(17-9-10)15(18)13-5-3-4-12-6-7-19-16(12)13/h3-9,15,18H,1-2H3. The second-order valence-electron chi connectivity index (χ2n) is 4.80. The van der Waals surface area contributed by atoms with Crippen molar-refractivity contribution in [3.8, 4) is 0 Å². The summed E-state index contributed by atoms with van der Waals surface area (Å²) in [6.45, 7) is 4.00. The lowest BCUT2D eigenvalue weighted by Gasteiger charge is -2.14. The first kappa shape index (κ1) is 12.3. The molecule has 2 heterocycles. The molecule has 1 aromatic carbocycles. The summed E-state index contributed by atoms with van der Waals surface area (Å²) in [5.41, 5.74) is 3.82. The summed E-state index contributed by atoms with van der Waals surface area (Å²) >= 11 is 1.66. The summed E-state index contributed by atoms with van der Waals surface area (Å²) in [5, 5.41) is 13.8. The predicted octanol–water partition coefficient (Wildman–Crippen LogP) is 3.99. The van der Waals surface area contributed by atoms with Crippen LogP contribution in [0.15, 0.2) is 41.9 Å². The minimum atomic E-state index is -0.664. The maximum absolute atomic E-state index is 10.6. The largest absolute Gasteiger partial charge is 0.382 e. The molecule has 1 N–H and O–H groups in total. The third-order valence-electron chi connectivity index (χ3n) is 3.32. The molecule has 0 saturated carbocycles. The molecule has 1 unspecified atom stereocenters. The van der Waals surface area contributed by atoms with E-state index in [2.05, 4.69) is 28.6 Å². The van der Waals surface area contributed by atoms with Crippen molar-refractivity contribution < 1.29 is 5.11 Å². The first-order valence-electron chi connectivity index (χ1n) is 6.24. The van der Waals surface area contributed by atoms with Gasteiger partial charge >= 0.3 is 0 Å². The maximum atomic E-state index is 10.6. The van der Waals surface area contributed by atoms with E-state index in [4.69, 9.17) is 0 Å².